The van der Waals surface area contributed by atoms with Crippen LogP contribution in [0.2, 0.25) is 0 Å². The molecule has 1 saturated heterocycles. The molecule has 0 aliphatic carbocycles. The number of amides is 1. The van der Waals surface area contributed by atoms with Crippen LogP contribution in [0.4, 0.5) is 5.69 Å². The van der Waals surface area contributed by atoms with Crippen LogP contribution in [-0.2, 0) is 4.79 Å². The second kappa shape index (κ2) is 9.18. The first-order valence-electron chi connectivity index (χ1n) is 10.5. The maximum Gasteiger partial charge on any atom is 0.279 e. The lowest BCUT2D eigenvalue weighted by Crippen LogP contribution is -3.11. The fourth-order valence-electron chi connectivity index (χ4n) is 4.17. The SMILES string of the molecule is CCOc1ccccc1NC(=O)C[NH+]1CCC[C@@H]1c1ccc2c(c1)OCCCO2. The van der Waals surface area contributed by atoms with Crippen molar-refractivity contribution < 1.29 is 23.9 Å². The molecule has 2 aromatic carbocycles. The molecule has 1 fully saturated rings. The van der Waals surface area contributed by atoms with E-state index in [0.717, 1.165) is 43.0 Å². The number of carbonyl (C=O) groups is 1. The van der Waals surface area contributed by atoms with Crippen molar-refractivity contribution in [2.75, 3.05) is 38.2 Å². The number of hydrogen-bond donors (Lipinski definition) is 2. The smallest absolute Gasteiger partial charge is 0.279 e. The van der Waals surface area contributed by atoms with Gasteiger partial charge in [0, 0.05) is 24.8 Å². The van der Waals surface area contributed by atoms with Crippen molar-refractivity contribution in [1.82, 2.24) is 0 Å². The van der Waals surface area contributed by atoms with Gasteiger partial charge >= 0.3 is 0 Å². The molecule has 0 radical (unpaired) electrons. The van der Waals surface area contributed by atoms with Gasteiger partial charge in [-0.2, -0.15) is 0 Å². The minimum atomic E-state index is 0.00777. The maximum absolute atomic E-state index is 12.7. The van der Waals surface area contributed by atoms with E-state index in [2.05, 4.69) is 17.4 Å². The molecule has 154 valence electrons. The average molecular weight is 397 g/mol. The fraction of sp³-hybridized carbons (Fsp3) is 0.435. The number of rotatable bonds is 6. The van der Waals surface area contributed by atoms with E-state index in [9.17, 15) is 4.79 Å². The van der Waals surface area contributed by atoms with E-state index in [1.54, 1.807) is 0 Å². The zero-order valence-corrected chi connectivity index (χ0v) is 16.9. The molecule has 2 atom stereocenters. The first kappa shape index (κ1) is 19.6. The van der Waals surface area contributed by atoms with Gasteiger partial charge in [-0.05, 0) is 37.3 Å². The molecule has 4 rings (SSSR count). The number of ether oxygens (including phenoxy) is 3. The molecule has 2 heterocycles. The highest BCUT2D eigenvalue weighted by Gasteiger charge is 2.32. The van der Waals surface area contributed by atoms with Crippen molar-refractivity contribution in [3.8, 4) is 17.2 Å². The Balaban J connectivity index is 1.44. The second-order valence-corrected chi connectivity index (χ2v) is 7.51. The first-order chi connectivity index (χ1) is 14.2. The Hall–Kier alpha value is -2.73. The number of carbonyl (C=O) groups excluding carboxylic acids is 1. The van der Waals surface area contributed by atoms with Crippen molar-refractivity contribution in [3.63, 3.8) is 0 Å². The number of likely N-dealkylation sites (tertiary alicyclic amines) is 1. The fourth-order valence-corrected chi connectivity index (χ4v) is 4.17. The lowest BCUT2D eigenvalue weighted by atomic mass is 10.0. The Morgan fingerprint density at radius 2 is 1.97 bits per heavy atom. The van der Waals surface area contributed by atoms with Crippen molar-refractivity contribution in [2.24, 2.45) is 0 Å². The molecular weight excluding hydrogens is 368 g/mol. The van der Waals surface area contributed by atoms with Crippen LogP contribution in [0.5, 0.6) is 17.2 Å². The van der Waals surface area contributed by atoms with Gasteiger partial charge < -0.3 is 24.4 Å². The third-order valence-electron chi connectivity index (χ3n) is 5.51. The summed E-state index contributed by atoms with van der Waals surface area (Å²) in [6.07, 6.45) is 3.07. The zero-order valence-electron chi connectivity index (χ0n) is 16.9. The Kier molecular flexibility index (Phi) is 6.20. The van der Waals surface area contributed by atoms with Gasteiger partial charge in [-0.1, -0.05) is 12.1 Å². The maximum atomic E-state index is 12.7. The molecule has 1 unspecified atom stereocenters. The summed E-state index contributed by atoms with van der Waals surface area (Å²) in [7, 11) is 0. The van der Waals surface area contributed by atoms with Crippen molar-refractivity contribution >= 4 is 11.6 Å². The minimum Gasteiger partial charge on any atom is -0.492 e. The Morgan fingerprint density at radius 1 is 1.14 bits per heavy atom. The van der Waals surface area contributed by atoms with Gasteiger partial charge in [-0.25, -0.2) is 0 Å². The number of quaternary nitrogens is 1. The lowest BCUT2D eigenvalue weighted by Gasteiger charge is -2.22. The third kappa shape index (κ3) is 4.65. The van der Waals surface area contributed by atoms with Crippen molar-refractivity contribution in [1.29, 1.82) is 0 Å². The van der Waals surface area contributed by atoms with Crippen LogP contribution < -0.4 is 24.4 Å². The Bertz CT molecular complexity index is 855. The number of fused-ring (bicyclic) bond motifs is 1. The van der Waals surface area contributed by atoms with Crippen LogP contribution in [0.1, 0.15) is 37.8 Å². The normalized spacial score (nSPS) is 20.7. The topological polar surface area (TPSA) is 61.2 Å². The molecule has 2 aromatic rings. The van der Waals surface area contributed by atoms with Gasteiger partial charge in [-0.3, -0.25) is 4.79 Å². The standard InChI is InChI=1S/C23H28N2O4/c1-2-27-20-9-4-3-7-18(20)24-23(26)16-25-12-5-8-19(25)17-10-11-21-22(15-17)29-14-6-13-28-21/h3-4,7,9-11,15,19H,2,5-6,8,12-14,16H2,1H3,(H,24,26)/p+1/t19-/m1/s1. The monoisotopic (exact) mass is 397 g/mol. The van der Waals surface area contributed by atoms with E-state index in [1.807, 2.05) is 37.3 Å². The summed E-state index contributed by atoms with van der Waals surface area (Å²) in [5, 5.41) is 3.02. The van der Waals surface area contributed by atoms with Crippen molar-refractivity contribution in [3.05, 3.63) is 48.0 Å². The third-order valence-corrected chi connectivity index (χ3v) is 5.51. The summed E-state index contributed by atoms with van der Waals surface area (Å²) in [5.41, 5.74) is 1.94. The van der Waals surface area contributed by atoms with E-state index >= 15 is 0 Å². The van der Waals surface area contributed by atoms with Crippen LogP contribution in [0, 0.1) is 0 Å². The van der Waals surface area contributed by atoms with E-state index < -0.39 is 0 Å². The number of para-hydroxylation sites is 2. The van der Waals surface area contributed by atoms with Crippen LogP contribution in [0.3, 0.4) is 0 Å². The first-order valence-corrected chi connectivity index (χ1v) is 10.5. The summed E-state index contributed by atoms with van der Waals surface area (Å²) >= 11 is 0. The number of benzene rings is 2. The number of nitrogens with one attached hydrogen (secondary N) is 2. The summed E-state index contributed by atoms with van der Waals surface area (Å²) in [6.45, 7) is 5.29. The summed E-state index contributed by atoms with van der Waals surface area (Å²) < 4.78 is 17.2. The summed E-state index contributed by atoms with van der Waals surface area (Å²) in [5.74, 6) is 2.35. The van der Waals surface area contributed by atoms with Gasteiger partial charge in [-0.15, -0.1) is 0 Å². The van der Waals surface area contributed by atoms with E-state index in [1.165, 1.54) is 10.5 Å². The van der Waals surface area contributed by atoms with E-state index in [-0.39, 0.29) is 5.91 Å². The largest absolute Gasteiger partial charge is 0.492 e. The summed E-state index contributed by atoms with van der Waals surface area (Å²) in [6, 6.07) is 14.1. The molecule has 6 nitrogen and oxygen atoms in total. The molecule has 2 aliphatic heterocycles. The highest BCUT2D eigenvalue weighted by Crippen LogP contribution is 2.33. The Morgan fingerprint density at radius 3 is 2.83 bits per heavy atom. The summed E-state index contributed by atoms with van der Waals surface area (Å²) in [4.78, 5) is 14.0. The van der Waals surface area contributed by atoms with Gasteiger partial charge in [0.25, 0.3) is 5.91 Å². The van der Waals surface area contributed by atoms with Gasteiger partial charge in [0.1, 0.15) is 11.8 Å². The molecule has 0 bridgehead atoms. The van der Waals surface area contributed by atoms with E-state index in [0.29, 0.717) is 38.2 Å². The molecule has 6 heteroatoms. The molecule has 1 amide bonds. The van der Waals surface area contributed by atoms with Crippen LogP contribution in [0.25, 0.3) is 0 Å². The number of anilines is 1. The lowest BCUT2D eigenvalue weighted by molar-refractivity contribution is -0.910. The highest BCUT2D eigenvalue weighted by atomic mass is 16.5. The molecule has 0 spiro atoms. The minimum absolute atomic E-state index is 0.00777. The van der Waals surface area contributed by atoms with Crippen molar-refractivity contribution in [2.45, 2.75) is 32.2 Å². The zero-order chi connectivity index (χ0) is 20.1. The van der Waals surface area contributed by atoms with E-state index in [4.69, 9.17) is 14.2 Å². The molecule has 0 aromatic heterocycles. The predicted octanol–water partition coefficient (Wildman–Crippen LogP) is 2.61. The molecule has 2 N–H and O–H groups in total. The van der Waals surface area contributed by atoms with Crippen LogP contribution in [-0.4, -0.2) is 38.8 Å². The average Bonchev–Trinajstić information content (AvgIpc) is 3.04. The van der Waals surface area contributed by atoms with Gasteiger partial charge in [0.2, 0.25) is 0 Å². The molecular formula is C23H29N2O4+. The van der Waals surface area contributed by atoms with Gasteiger partial charge in [0.05, 0.1) is 32.1 Å². The second-order valence-electron chi connectivity index (χ2n) is 7.51. The van der Waals surface area contributed by atoms with Crippen LogP contribution in [0.15, 0.2) is 42.5 Å². The Labute approximate surface area is 171 Å². The number of hydrogen-bond acceptors (Lipinski definition) is 4. The van der Waals surface area contributed by atoms with Crippen LogP contribution >= 0.6 is 0 Å². The quantitative estimate of drug-likeness (QED) is 0.787. The molecule has 0 saturated carbocycles. The highest BCUT2D eigenvalue weighted by molar-refractivity contribution is 5.92. The van der Waals surface area contributed by atoms with Gasteiger partial charge in [0.15, 0.2) is 18.0 Å². The molecule has 29 heavy (non-hydrogen) atoms. The molecule has 2 aliphatic rings. The predicted molar refractivity (Wildman–Crippen MR) is 111 cm³/mol.